The lowest BCUT2D eigenvalue weighted by Crippen LogP contribution is -2.13. The Hall–Kier alpha value is -2.58. The first kappa shape index (κ1) is 13.8. The standard InChI is InChI=1S/C11H8F4N4O/c12-9-3-7(1-2-8(9)11(13,14)15)18-10(20)6-4-17-19(16)5-6/h1-5H,16H2,(H,18,20). The molecule has 1 aromatic heterocycles. The molecule has 0 saturated heterocycles. The Bertz CT molecular complexity index is 650. The number of benzene rings is 1. The molecule has 3 N–H and O–H groups in total. The summed E-state index contributed by atoms with van der Waals surface area (Å²) in [4.78, 5) is 12.5. The summed E-state index contributed by atoms with van der Waals surface area (Å²) in [6.45, 7) is 0. The SMILES string of the molecule is Nn1cc(C(=O)Nc2ccc(C(F)(F)F)c(F)c2)cn1. The Labute approximate surface area is 110 Å². The number of anilines is 1. The molecule has 0 atom stereocenters. The third kappa shape index (κ3) is 2.87. The van der Waals surface area contributed by atoms with Crippen molar-refractivity contribution in [1.82, 2.24) is 9.89 Å². The second-order valence-corrected chi connectivity index (χ2v) is 3.86. The lowest BCUT2D eigenvalue weighted by Gasteiger charge is -2.09. The first-order valence-corrected chi connectivity index (χ1v) is 5.25. The maximum Gasteiger partial charge on any atom is 0.419 e. The summed E-state index contributed by atoms with van der Waals surface area (Å²) in [5.74, 6) is 3.11. The molecule has 0 aliphatic rings. The number of alkyl halides is 3. The number of nitrogens with zero attached hydrogens (tertiary/aromatic N) is 2. The van der Waals surface area contributed by atoms with Crippen LogP contribution in [0.4, 0.5) is 23.2 Å². The van der Waals surface area contributed by atoms with Crippen molar-refractivity contribution < 1.29 is 22.4 Å². The van der Waals surface area contributed by atoms with Gasteiger partial charge in [-0.05, 0) is 18.2 Å². The molecule has 1 amide bonds. The van der Waals surface area contributed by atoms with Gasteiger partial charge in [-0.1, -0.05) is 0 Å². The average molecular weight is 288 g/mol. The van der Waals surface area contributed by atoms with E-state index in [9.17, 15) is 22.4 Å². The Morgan fingerprint density at radius 3 is 2.55 bits per heavy atom. The predicted octanol–water partition coefficient (Wildman–Crippen LogP) is 2.01. The second-order valence-electron chi connectivity index (χ2n) is 3.86. The van der Waals surface area contributed by atoms with Gasteiger partial charge in [0.05, 0.1) is 23.5 Å². The number of nitrogens with two attached hydrogens (primary N) is 1. The summed E-state index contributed by atoms with van der Waals surface area (Å²) in [7, 11) is 0. The highest BCUT2D eigenvalue weighted by Gasteiger charge is 2.33. The zero-order valence-corrected chi connectivity index (χ0v) is 9.78. The molecular weight excluding hydrogens is 280 g/mol. The Balaban J connectivity index is 2.19. The molecule has 0 saturated carbocycles. The average Bonchev–Trinajstić information content (AvgIpc) is 2.74. The molecule has 9 heteroatoms. The summed E-state index contributed by atoms with van der Waals surface area (Å²) in [5, 5.41) is 5.79. The molecule has 1 heterocycles. The molecule has 1 aromatic carbocycles. The van der Waals surface area contributed by atoms with Crippen LogP contribution >= 0.6 is 0 Å². The predicted molar refractivity (Wildman–Crippen MR) is 61.7 cm³/mol. The van der Waals surface area contributed by atoms with Gasteiger partial charge in [-0.15, -0.1) is 0 Å². The molecule has 0 unspecified atom stereocenters. The van der Waals surface area contributed by atoms with Gasteiger partial charge in [0, 0.05) is 5.69 Å². The van der Waals surface area contributed by atoms with E-state index in [1.54, 1.807) is 0 Å². The number of rotatable bonds is 2. The third-order valence-corrected chi connectivity index (χ3v) is 2.40. The van der Waals surface area contributed by atoms with Crippen LogP contribution in [0.15, 0.2) is 30.6 Å². The molecule has 2 aromatic rings. The molecule has 20 heavy (non-hydrogen) atoms. The summed E-state index contributed by atoms with van der Waals surface area (Å²) in [5.41, 5.74) is -1.41. The lowest BCUT2D eigenvalue weighted by atomic mass is 10.2. The van der Waals surface area contributed by atoms with Gasteiger partial charge in [0.1, 0.15) is 5.82 Å². The van der Waals surface area contributed by atoms with E-state index in [1.807, 2.05) is 0 Å². The number of halogens is 4. The highest BCUT2D eigenvalue weighted by molar-refractivity contribution is 6.03. The van der Waals surface area contributed by atoms with E-state index in [0.29, 0.717) is 12.1 Å². The van der Waals surface area contributed by atoms with Gasteiger partial charge < -0.3 is 11.2 Å². The minimum absolute atomic E-state index is 0.0906. The van der Waals surface area contributed by atoms with Crippen molar-refractivity contribution in [3.63, 3.8) is 0 Å². The quantitative estimate of drug-likeness (QED) is 0.656. The van der Waals surface area contributed by atoms with Crippen LogP contribution in [0.1, 0.15) is 15.9 Å². The number of carbonyl (C=O) groups is 1. The number of carbonyl (C=O) groups excluding carboxylic acids is 1. The summed E-state index contributed by atoms with van der Waals surface area (Å²) < 4.78 is 50.4. The van der Waals surface area contributed by atoms with Gasteiger partial charge in [-0.3, -0.25) is 4.79 Å². The number of aromatic nitrogens is 2. The molecule has 0 aliphatic heterocycles. The Morgan fingerprint density at radius 1 is 1.35 bits per heavy atom. The van der Waals surface area contributed by atoms with Crippen LogP contribution in [-0.2, 0) is 6.18 Å². The number of hydrogen-bond donors (Lipinski definition) is 2. The normalized spacial score (nSPS) is 11.4. The van der Waals surface area contributed by atoms with Crippen LogP contribution in [0.2, 0.25) is 0 Å². The van der Waals surface area contributed by atoms with Crippen molar-refractivity contribution in [2.45, 2.75) is 6.18 Å². The van der Waals surface area contributed by atoms with E-state index in [1.165, 1.54) is 6.20 Å². The number of nitrogens with one attached hydrogen (secondary N) is 1. The van der Waals surface area contributed by atoms with Gasteiger partial charge in [0.2, 0.25) is 0 Å². The van der Waals surface area contributed by atoms with Crippen LogP contribution in [0.25, 0.3) is 0 Å². The van der Waals surface area contributed by atoms with Crippen molar-refractivity contribution in [1.29, 1.82) is 0 Å². The van der Waals surface area contributed by atoms with Crippen molar-refractivity contribution in [3.8, 4) is 0 Å². The van der Waals surface area contributed by atoms with Crippen LogP contribution in [-0.4, -0.2) is 15.8 Å². The molecule has 106 valence electrons. The van der Waals surface area contributed by atoms with Crippen LogP contribution in [0, 0.1) is 5.82 Å². The minimum atomic E-state index is -4.78. The number of nitrogen functional groups attached to an aromatic ring is 1. The molecule has 0 radical (unpaired) electrons. The van der Waals surface area contributed by atoms with Crippen LogP contribution in [0.3, 0.4) is 0 Å². The Morgan fingerprint density at radius 2 is 2.05 bits per heavy atom. The molecule has 0 fully saturated rings. The fourth-order valence-electron chi connectivity index (χ4n) is 1.48. The minimum Gasteiger partial charge on any atom is -0.323 e. The van der Waals surface area contributed by atoms with Gasteiger partial charge in [-0.25, -0.2) is 4.39 Å². The van der Waals surface area contributed by atoms with Crippen molar-refractivity contribution in [3.05, 3.63) is 47.5 Å². The Kier molecular flexibility index (Phi) is 3.35. The number of amides is 1. The molecule has 5 nitrogen and oxygen atoms in total. The monoisotopic (exact) mass is 288 g/mol. The topological polar surface area (TPSA) is 72.9 Å². The maximum atomic E-state index is 13.3. The first-order chi connectivity index (χ1) is 9.27. The van der Waals surface area contributed by atoms with Gasteiger partial charge in [0.25, 0.3) is 5.91 Å². The van der Waals surface area contributed by atoms with Crippen molar-refractivity contribution in [2.75, 3.05) is 11.2 Å². The molecular formula is C11H8F4N4O. The zero-order valence-electron chi connectivity index (χ0n) is 9.78. The third-order valence-electron chi connectivity index (χ3n) is 2.40. The van der Waals surface area contributed by atoms with E-state index in [2.05, 4.69) is 10.4 Å². The summed E-state index contributed by atoms with van der Waals surface area (Å²) in [6.07, 6.45) is -2.42. The number of hydrogen-bond acceptors (Lipinski definition) is 3. The molecule has 0 spiro atoms. The van der Waals surface area contributed by atoms with E-state index < -0.39 is 23.5 Å². The summed E-state index contributed by atoms with van der Waals surface area (Å²) in [6, 6.07) is 2.10. The molecule has 0 bridgehead atoms. The van der Waals surface area contributed by atoms with Crippen LogP contribution < -0.4 is 11.2 Å². The molecule has 2 rings (SSSR count). The summed E-state index contributed by atoms with van der Waals surface area (Å²) >= 11 is 0. The first-order valence-electron chi connectivity index (χ1n) is 5.25. The van der Waals surface area contributed by atoms with Gasteiger partial charge >= 0.3 is 6.18 Å². The van der Waals surface area contributed by atoms with E-state index >= 15 is 0 Å². The smallest absolute Gasteiger partial charge is 0.323 e. The fourth-order valence-corrected chi connectivity index (χ4v) is 1.48. The fraction of sp³-hybridized carbons (Fsp3) is 0.0909. The van der Waals surface area contributed by atoms with Gasteiger partial charge in [0.15, 0.2) is 0 Å². The highest BCUT2D eigenvalue weighted by atomic mass is 19.4. The van der Waals surface area contributed by atoms with E-state index in [-0.39, 0.29) is 11.3 Å². The van der Waals surface area contributed by atoms with Crippen LogP contribution in [0.5, 0.6) is 0 Å². The van der Waals surface area contributed by atoms with Crippen molar-refractivity contribution in [2.24, 2.45) is 0 Å². The maximum absolute atomic E-state index is 13.3. The largest absolute Gasteiger partial charge is 0.419 e. The second kappa shape index (κ2) is 4.83. The highest BCUT2D eigenvalue weighted by Crippen LogP contribution is 2.32. The van der Waals surface area contributed by atoms with Gasteiger partial charge in [-0.2, -0.15) is 23.1 Å². The van der Waals surface area contributed by atoms with E-state index in [0.717, 1.165) is 17.1 Å². The van der Waals surface area contributed by atoms with E-state index in [4.69, 9.17) is 5.84 Å². The van der Waals surface area contributed by atoms with Crippen molar-refractivity contribution >= 4 is 11.6 Å². The lowest BCUT2D eigenvalue weighted by molar-refractivity contribution is -0.139. The molecule has 0 aliphatic carbocycles. The zero-order chi connectivity index (χ0) is 14.9.